The Kier molecular flexibility index (Phi) is 12.6. The number of halogens is 3. The summed E-state index contributed by atoms with van der Waals surface area (Å²) in [6.07, 6.45) is -0.289. The van der Waals surface area contributed by atoms with Gasteiger partial charge in [-0.3, -0.25) is 14.5 Å². The average Bonchev–Trinajstić information content (AvgIpc) is 3.90. The fourth-order valence-electron chi connectivity index (χ4n) is 8.84. The molecule has 1 aliphatic carbocycles. The number of nitrogens with zero attached hydrogens (tertiary/aromatic N) is 5. The second-order valence-corrected chi connectivity index (χ2v) is 16.6. The molecule has 4 fully saturated rings. The molecule has 1 aromatic heterocycles. The number of nitrogens with one attached hydrogen (secondary N) is 3. The number of alkyl halides is 3. The van der Waals surface area contributed by atoms with E-state index in [1.165, 1.54) is 19.2 Å². The van der Waals surface area contributed by atoms with Gasteiger partial charge < -0.3 is 44.5 Å². The summed E-state index contributed by atoms with van der Waals surface area (Å²) in [6.45, 7) is 8.39. The largest absolute Gasteiger partial charge is 0.573 e. The topological polar surface area (TPSA) is 162 Å². The summed E-state index contributed by atoms with van der Waals surface area (Å²) in [5, 5.41) is 5.16. The number of piperazine rings is 1. The van der Waals surface area contributed by atoms with E-state index in [1.807, 2.05) is 4.90 Å². The van der Waals surface area contributed by atoms with Gasteiger partial charge in [0.2, 0.25) is 11.8 Å². The summed E-state index contributed by atoms with van der Waals surface area (Å²) in [7, 11) is 2.77. The van der Waals surface area contributed by atoms with E-state index in [-0.39, 0.29) is 47.0 Å². The van der Waals surface area contributed by atoms with E-state index in [0.717, 1.165) is 38.8 Å². The fraction of sp³-hybridized carbons (Fsp3) is 0.548. The Hall–Kier alpha value is -5.36. The van der Waals surface area contributed by atoms with E-state index < -0.39 is 30.3 Å². The molecule has 3 N–H and O–H groups in total. The van der Waals surface area contributed by atoms with Crippen LogP contribution in [-0.4, -0.2) is 139 Å². The molecule has 3 aliphatic heterocycles. The van der Waals surface area contributed by atoms with E-state index in [4.69, 9.17) is 4.74 Å². The number of imidazole rings is 1. The number of aromatic nitrogens is 2. The van der Waals surface area contributed by atoms with Gasteiger partial charge in [0.25, 0.3) is 0 Å². The van der Waals surface area contributed by atoms with Crippen molar-refractivity contribution >= 4 is 29.6 Å². The number of hydrogen-bond donors (Lipinski definition) is 3. The van der Waals surface area contributed by atoms with Crippen molar-refractivity contribution in [2.24, 2.45) is 11.3 Å². The van der Waals surface area contributed by atoms with Crippen LogP contribution in [0.2, 0.25) is 0 Å². The van der Waals surface area contributed by atoms with Crippen LogP contribution in [0, 0.1) is 11.3 Å². The Labute approximate surface area is 346 Å². The zero-order valence-electron chi connectivity index (χ0n) is 34.3. The van der Waals surface area contributed by atoms with E-state index in [0.29, 0.717) is 67.8 Å². The third-order valence-electron chi connectivity index (χ3n) is 12.6. The van der Waals surface area contributed by atoms with E-state index >= 15 is 0 Å². The molecule has 4 heterocycles. The molecule has 0 bridgehead atoms. The molecule has 1 saturated carbocycles. The van der Waals surface area contributed by atoms with Gasteiger partial charge in [0, 0.05) is 88.6 Å². The molecule has 15 nitrogen and oxygen atoms in total. The van der Waals surface area contributed by atoms with Gasteiger partial charge >= 0.3 is 18.5 Å². The lowest BCUT2D eigenvalue weighted by Gasteiger charge is -2.48. The molecule has 0 radical (unpaired) electrons. The number of H-pyrrole nitrogens is 1. The van der Waals surface area contributed by atoms with Gasteiger partial charge in [-0.1, -0.05) is 38.1 Å². The molecular formula is C42H53F3N8O7. The van der Waals surface area contributed by atoms with Gasteiger partial charge in [0.1, 0.15) is 18.1 Å². The molecule has 2 aromatic carbocycles. The number of benzene rings is 2. The number of alkyl carbamates (subject to hydrolysis) is 1. The van der Waals surface area contributed by atoms with Crippen LogP contribution in [0.5, 0.6) is 5.75 Å². The third kappa shape index (κ3) is 9.65. The van der Waals surface area contributed by atoms with Crippen LogP contribution in [0.1, 0.15) is 57.8 Å². The number of likely N-dealkylation sites (tertiary alicyclic amines) is 2. The maximum atomic E-state index is 13.7. The number of carbonyl (C=O) groups is 4. The highest BCUT2D eigenvalue weighted by molar-refractivity contribution is 5.90. The van der Waals surface area contributed by atoms with Crippen molar-refractivity contribution < 1.29 is 46.6 Å². The van der Waals surface area contributed by atoms with Crippen LogP contribution < -0.4 is 15.4 Å². The van der Waals surface area contributed by atoms with Crippen LogP contribution in [0.3, 0.4) is 0 Å². The number of hydrogen-bond acceptors (Lipinski definition) is 9. The van der Waals surface area contributed by atoms with Crippen molar-refractivity contribution in [3.05, 3.63) is 54.5 Å². The lowest BCUT2D eigenvalue weighted by molar-refractivity contribution is -0.274. The summed E-state index contributed by atoms with van der Waals surface area (Å²) in [5.74, 6) is 0.0973. The van der Waals surface area contributed by atoms with Gasteiger partial charge in [0.05, 0.1) is 31.1 Å². The second kappa shape index (κ2) is 17.7. The van der Waals surface area contributed by atoms with Crippen molar-refractivity contribution in [1.29, 1.82) is 0 Å². The van der Waals surface area contributed by atoms with Crippen molar-refractivity contribution in [3.8, 4) is 28.1 Å². The summed E-state index contributed by atoms with van der Waals surface area (Å²) < 4.78 is 55.6. The molecule has 5 amide bonds. The van der Waals surface area contributed by atoms with Gasteiger partial charge in [-0.05, 0) is 54.4 Å². The SMILES string of the molecule is COC(=O)NCC(=O)N1CC(OC)CC1c1ncc(-c2ccc(-c3ccc(NC(=O)N4CCC(N5CCN(C(=O)C6CCC6(C)C)CC5)CC4)cc3OC(F)(F)F)cc2)[nH]1. The van der Waals surface area contributed by atoms with Gasteiger partial charge in [-0.2, -0.15) is 0 Å². The predicted molar refractivity (Wildman–Crippen MR) is 215 cm³/mol. The second-order valence-electron chi connectivity index (χ2n) is 16.6. The number of ether oxygens (including phenoxy) is 3. The summed E-state index contributed by atoms with van der Waals surface area (Å²) >= 11 is 0. The van der Waals surface area contributed by atoms with Crippen molar-refractivity contribution in [1.82, 2.24) is 34.9 Å². The van der Waals surface area contributed by atoms with Crippen LogP contribution >= 0.6 is 0 Å². The first-order valence-electron chi connectivity index (χ1n) is 20.4. The first kappa shape index (κ1) is 42.8. The molecule has 7 rings (SSSR count). The van der Waals surface area contributed by atoms with Crippen molar-refractivity contribution in [2.45, 2.75) is 70.5 Å². The maximum absolute atomic E-state index is 13.7. The molecule has 324 valence electrons. The highest BCUT2D eigenvalue weighted by Crippen LogP contribution is 2.47. The molecule has 3 aromatic rings. The number of rotatable bonds is 10. The molecule has 18 heteroatoms. The van der Waals surface area contributed by atoms with E-state index in [2.05, 4.69) is 48.8 Å². The summed E-state index contributed by atoms with van der Waals surface area (Å²) in [4.78, 5) is 66.3. The highest BCUT2D eigenvalue weighted by Gasteiger charge is 2.45. The highest BCUT2D eigenvalue weighted by atomic mass is 19.4. The minimum Gasteiger partial charge on any atom is -0.453 e. The van der Waals surface area contributed by atoms with Crippen LogP contribution in [-0.2, 0) is 19.1 Å². The lowest BCUT2D eigenvalue weighted by Crippen LogP contribution is -2.57. The molecule has 60 heavy (non-hydrogen) atoms. The molecule has 0 spiro atoms. The Morgan fingerprint density at radius 3 is 2.23 bits per heavy atom. The quantitative estimate of drug-likeness (QED) is 0.227. The number of aromatic amines is 1. The number of methoxy groups -OCH3 is 2. The smallest absolute Gasteiger partial charge is 0.453 e. The monoisotopic (exact) mass is 838 g/mol. The van der Waals surface area contributed by atoms with Gasteiger partial charge in [-0.15, -0.1) is 13.2 Å². The molecule has 3 atom stereocenters. The summed E-state index contributed by atoms with van der Waals surface area (Å²) in [5.41, 5.74) is 2.18. The molecular weight excluding hydrogens is 786 g/mol. The van der Waals surface area contributed by atoms with Crippen molar-refractivity contribution in [3.63, 3.8) is 0 Å². The zero-order valence-corrected chi connectivity index (χ0v) is 34.3. The predicted octanol–water partition coefficient (Wildman–Crippen LogP) is 5.86. The first-order chi connectivity index (χ1) is 28.6. The Morgan fingerprint density at radius 2 is 1.62 bits per heavy atom. The number of piperidine rings is 1. The van der Waals surface area contributed by atoms with E-state index in [9.17, 15) is 32.3 Å². The maximum Gasteiger partial charge on any atom is 0.573 e. The first-order valence-corrected chi connectivity index (χ1v) is 20.4. The normalized spacial score (nSPS) is 22.2. The van der Waals surface area contributed by atoms with Crippen molar-refractivity contribution in [2.75, 3.05) is 71.9 Å². The Bertz CT molecular complexity index is 2030. The number of amides is 5. The number of carbonyl (C=O) groups excluding carboxylic acids is 4. The number of urea groups is 1. The molecule has 3 saturated heterocycles. The van der Waals surface area contributed by atoms with Crippen LogP contribution in [0.4, 0.5) is 28.4 Å². The minimum absolute atomic E-state index is 0.0769. The Balaban J connectivity index is 0.959. The van der Waals surface area contributed by atoms with E-state index in [1.54, 1.807) is 53.4 Å². The third-order valence-corrected chi connectivity index (χ3v) is 12.6. The average molecular weight is 839 g/mol. The molecule has 3 unspecified atom stereocenters. The Morgan fingerprint density at radius 1 is 0.917 bits per heavy atom. The minimum atomic E-state index is -4.98. The molecule has 4 aliphatic rings. The summed E-state index contributed by atoms with van der Waals surface area (Å²) in [6, 6.07) is 10.4. The lowest BCUT2D eigenvalue weighted by atomic mass is 9.62. The number of anilines is 1. The van der Waals surface area contributed by atoms with Gasteiger partial charge in [0.15, 0.2) is 0 Å². The fourth-order valence-corrected chi connectivity index (χ4v) is 8.84. The van der Waals surface area contributed by atoms with Gasteiger partial charge in [-0.25, -0.2) is 14.6 Å². The standard InChI is InChI=1S/C42H53F3N8O7/c1-41(2)14-11-32(41)38(55)51-19-17-50(18-20-51)29-12-15-52(16-13-29)39(56)48-28-9-10-31(35(21-28)60-42(43,44)45)26-5-7-27(8-6-26)33-23-46-37(49-33)34-22-30(58-3)25-53(34)36(54)24-47-40(57)59-4/h5-10,21,23,29-30,32,34H,11-20,22,24-25H2,1-4H3,(H,46,49)(H,47,57)(H,48,56). The van der Waals surface area contributed by atoms with Crippen LogP contribution in [0.15, 0.2) is 48.7 Å². The van der Waals surface area contributed by atoms with Crippen LogP contribution in [0.25, 0.3) is 22.4 Å². The zero-order chi connectivity index (χ0) is 42.8.